The van der Waals surface area contributed by atoms with Gasteiger partial charge in [0.05, 0.1) is 5.56 Å². The molecule has 1 heterocycles. The van der Waals surface area contributed by atoms with Gasteiger partial charge in [-0.2, -0.15) is 0 Å². The van der Waals surface area contributed by atoms with Crippen molar-refractivity contribution in [2.75, 3.05) is 0 Å². The number of hydrogen-bond donors (Lipinski definition) is 2. The van der Waals surface area contributed by atoms with E-state index in [2.05, 4.69) is 33.0 Å². The summed E-state index contributed by atoms with van der Waals surface area (Å²) in [5, 5.41) is 12.5. The van der Waals surface area contributed by atoms with Crippen molar-refractivity contribution in [1.82, 2.24) is 5.32 Å². The number of rotatable bonds is 3. The number of carboxylic acids is 1. The molecule has 0 spiro atoms. The third kappa shape index (κ3) is 3.73. The average molecular weight is 277 g/mol. The number of hydrogen-bond acceptors (Lipinski definition) is 3. The van der Waals surface area contributed by atoms with Gasteiger partial charge in [-0.3, -0.25) is 0 Å². The molecule has 2 rings (SSSR count). The van der Waals surface area contributed by atoms with Crippen molar-refractivity contribution in [2.24, 2.45) is 0 Å². The Labute approximate surface area is 120 Å². The summed E-state index contributed by atoms with van der Waals surface area (Å²) in [5.41, 5.74) is 0.351. The van der Waals surface area contributed by atoms with Gasteiger partial charge in [-0.25, -0.2) is 4.79 Å². The number of piperidine rings is 1. The minimum atomic E-state index is -0.916. The minimum absolute atomic E-state index is 0.0351. The number of nitrogens with one attached hydrogen (secondary N) is 1. The van der Waals surface area contributed by atoms with Gasteiger partial charge in [0.2, 0.25) is 0 Å². The van der Waals surface area contributed by atoms with Crippen molar-refractivity contribution in [2.45, 2.75) is 57.7 Å². The molecule has 0 unspecified atom stereocenters. The second-order valence-electron chi connectivity index (χ2n) is 6.87. The molecule has 1 saturated heterocycles. The van der Waals surface area contributed by atoms with Crippen LogP contribution in [0, 0.1) is 0 Å². The van der Waals surface area contributed by atoms with E-state index in [0.717, 1.165) is 18.6 Å². The number of ether oxygens (including phenoxy) is 1. The van der Waals surface area contributed by atoms with Gasteiger partial charge in [0.15, 0.2) is 0 Å². The fraction of sp³-hybridized carbons (Fsp3) is 0.562. The van der Waals surface area contributed by atoms with Crippen molar-refractivity contribution in [3.8, 4) is 5.75 Å². The molecule has 1 fully saturated rings. The Bertz CT molecular complexity index is 475. The van der Waals surface area contributed by atoms with Crippen molar-refractivity contribution < 1.29 is 14.6 Å². The van der Waals surface area contributed by atoms with E-state index < -0.39 is 5.97 Å². The fourth-order valence-electron chi connectivity index (χ4n) is 3.18. The Morgan fingerprint density at radius 2 is 1.65 bits per heavy atom. The van der Waals surface area contributed by atoms with Gasteiger partial charge in [0.25, 0.3) is 0 Å². The molecule has 0 aromatic heterocycles. The van der Waals surface area contributed by atoms with Crippen LogP contribution in [0.2, 0.25) is 0 Å². The molecule has 4 nitrogen and oxygen atoms in total. The summed E-state index contributed by atoms with van der Waals surface area (Å²) in [4.78, 5) is 10.8. The molecule has 0 atom stereocenters. The summed E-state index contributed by atoms with van der Waals surface area (Å²) >= 11 is 0. The molecule has 0 radical (unpaired) electrons. The highest BCUT2D eigenvalue weighted by molar-refractivity contribution is 5.87. The lowest BCUT2D eigenvalue weighted by atomic mass is 9.81. The van der Waals surface area contributed by atoms with E-state index in [1.807, 2.05) is 0 Å². The molecular weight excluding hydrogens is 254 g/mol. The molecule has 1 aliphatic rings. The molecule has 4 heteroatoms. The fourth-order valence-corrected chi connectivity index (χ4v) is 3.18. The molecule has 0 amide bonds. The van der Waals surface area contributed by atoms with Crippen molar-refractivity contribution in [3.05, 3.63) is 29.8 Å². The topological polar surface area (TPSA) is 58.6 Å². The summed E-state index contributed by atoms with van der Waals surface area (Å²) in [6.45, 7) is 8.71. The lowest BCUT2D eigenvalue weighted by molar-refractivity contribution is 0.0559. The van der Waals surface area contributed by atoms with E-state index in [0.29, 0.717) is 0 Å². The van der Waals surface area contributed by atoms with E-state index >= 15 is 0 Å². The number of aromatic carboxylic acids is 1. The molecule has 1 aromatic carbocycles. The third-order valence-corrected chi connectivity index (χ3v) is 3.56. The van der Waals surface area contributed by atoms with Crippen LogP contribution in [-0.2, 0) is 0 Å². The number of carboxylic acid groups (broad SMARTS) is 1. The van der Waals surface area contributed by atoms with E-state index in [4.69, 9.17) is 9.84 Å². The summed E-state index contributed by atoms with van der Waals surface area (Å²) in [7, 11) is 0. The standard InChI is InChI=1S/C16H23NO3/c1-15(2)9-13(10-16(3,4)17-15)20-12-7-5-11(6-8-12)14(18)19/h5-8,13,17H,9-10H2,1-4H3,(H,18,19). The normalized spacial score (nSPS) is 21.4. The molecule has 0 aliphatic carbocycles. The second-order valence-corrected chi connectivity index (χ2v) is 6.87. The molecule has 110 valence electrons. The average Bonchev–Trinajstić information content (AvgIpc) is 2.25. The van der Waals surface area contributed by atoms with Gasteiger partial charge in [-0.05, 0) is 52.0 Å². The zero-order valence-corrected chi connectivity index (χ0v) is 12.6. The Morgan fingerprint density at radius 3 is 2.10 bits per heavy atom. The highest BCUT2D eigenvalue weighted by Gasteiger charge is 2.38. The van der Waals surface area contributed by atoms with Gasteiger partial charge in [-0.15, -0.1) is 0 Å². The van der Waals surface area contributed by atoms with Crippen molar-refractivity contribution in [3.63, 3.8) is 0 Å². The highest BCUT2D eigenvalue weighted by Crippen LogP contribution is 2.31. The third-order valence-electron chi connectivity index (χ3n) is 3.56. The lowest BCUT2D eigenvalue weighted by Gasteiger charge is -2.46. The monoisotopic (exact) mass is 277 g/mol. The first-order valence-corrected chi connectivity index (χ1v) is 6.96. The van der Waals surface area contributed by atoms with Gasteiger partial charge in [0.1, 0.15) is 11.9 Å². The van der Waals surface area contributed by atoms with Crippen LogP contribution in [0.3, 0.4) is 0 Å². The smallest absolute Gasteiger partial charge is 0.335 e. The maximum absolute atomic E-state index is 10.8. The lowest BCUT2D eigenvalue weighted by Crippen LogP contribution is -2.60. The van der Waals surface area contributed by atoms with Crippen LogP contribution < -0.4 is 10.1 Å². The number of carbonyl (C=O) groups is 1. The zero-order valence-electron chi connectivity index (χ0n) is 12.6. The van der Waals surface area contributed by atoms with Gasteiger partial charge in [0, 0.05) is 23.9 Å². The maximum atomic E-state index is 10.8. The van der Waals surface area contributed by atoms with Crippen molar-refractivity contribution in [1.29, 1.82) is 0 Å². The Morgan fingerprint density at radius 1 is 1.15 bits per heavy atom. The summed E-state index contributed by atoms with van der Waals surface area (Å²) in [6.07, 6.45) is 1.99. The van der Waals surface area contributed by atoms with Crippen LogP contribution in [0.4, 0.5) is 0 Å². The van der Waals surface area contributed by atoms with Gasteiger partial charge >= 0.3 is 5.97 Å². The zero-order chi connectivity index (χ0) is 15.0. The highest BCUT2D eigenvalue weighted by atomic mass is 16.5. The molecular formula is C16H23NO3. The SMILES string of the molecule is CC1(C)CC(Oc2ccc(C(=O)O)cc2)CC(C)(C)N1. The second kappa shape index (κ2) is 5.09. The maximum Gasteiger partial charge on any atom is 0.335 e. The van der Waals surface area contributed by atoms with E-state index in [1.54, 1.807) is 24.3 Å². The Balaban J connectivity index is 2.07. The molecule has 1 aliphatic heterocycles. The minimum Gasteiger partial charge on any atom is -0.490 e. The van der Waals surface area contributed by atoms with E-state index in [-0.39, 0.29) is 22.7 Å². The predicted octanol–water partition coefficient (Wildman–Crippen LogP) is 3.07. The first-order chi connectivity index (χ1) is 9.17. The van der Waals surface area contributed by atoms with Crippen LogP contribution in [-0.4, -0.2) is 28.3 Å². The van der Waals surface area contributed by atoms with Crippen LogP contribution >= 0.6 is 0 Å². The van der Waals surface area contributed by atoms with E-state index in [1.165, 1.54) is 0 Å². The van der Waals surface area contributed by atoms with Gasteiger partial charge < -0.3 is 15.2 Å². The first kappa shape index (κ1) is 14.9. The largest absolute Gasteiger partial charge is 0.490 e. The van der Waals surface area contributed by atoms with Crippen LogP contribution in [0.15, 0.2) is 24.3 Å². The summed E-state index contributed by atoms with van der Waals surface area (Å²) in [5.74, 6) is -0.186. The summed E-state index contributed by atoms with van der Waals surface area (Å²) in [6, 6.07) is 6.61. The quantitative estimate of drug-likeness (QED) is 0.891. The van der Waals surface area contributed by atoms with E-state index in [9.17, 15) is 4.79 Å². The number of benzene rings is 1. The first-order valence-electron chi connectivity index (χ1n) is 6.96. The molecule has 20 heavy (non-hydrogen) atoms. The Hall–Kier alpha value is -1.55. The molecule has 1 aromatic rings. The van der Waals surface area contributed by atoms with Gasteiger partial charge in [-0.1, -0.05) is 0 Å². The molecule has 0 saturated carbocycles. The molecule has 0 bridgehead atoms. The molecule has 2 N–H and O–H groups in total. The van der Waals surface area contributed by atoms with Crippen LogP contribution in [0.25, 0.3) is 0 Å². The van der Waals surface area contributed by atoms with Crippen LogP contribution in [0.1, 0.15) is 50.9 Å². The summed E-state index contributed by atoms with van der Waals surface area (Å²) < 4.78 is 6.03. The van der Waals surface area contributed by atoms with Crippen LogP contribution in [0.5, 0.6) is 5.75 Å². The Kier molecular flexibility index (Phi) is 3.78. The predicted molar refractivity (Wildman–Crippen MR) is 78.3 cm³/mol. The van der Waals surface area contributed by atoms with Crippen molar-refractivity contribution >= 4 is 5.97 Å².